The third kappa shape index (κ3) is 5.79. The van der Waals surface area contributed by atoms with Gasteiger partial charge in [-0.05, 0) is 69.0 Å². The van der Waals surface area contributed by atoms with E-state index in [0.717, 1.165) is 57.1 Å². The van der Waals surface area contributed by atoms with E-state index in [2.05, 4.69) is 29.2 Å². The van der Waals surface area contributed by atoms with E-state index in [0.29, 0.717) is 24.7 Å². The maximum absolute atomic E-state index is 12.9. The van der Waals surface area contributed by atoms with Crippen LogP contribution in [0.15, 0.2) is 48.5 Å². The van der Waals surface area contributed by atoms with Crippen LogP contribution in [-0.4, -0.2) is 55.1 Å². The lowest BCUT2D eigenvalue weighted by Crippen LogP contribution is -2.37. The molecule has 0 aliphatic carbocycles. The van der Waals surface area contributed by atoms with Crippen molar-refractivity contribution in [3.63, 3.8) is 0 Å². The average molecular weight is 423 g/mol. The molecule has 5 heteroatoms. The third-order valence-electron chi connectivity index (χ3n) is 6.23. The van der Waals surface area contributed by atoms with Crippen LogP contribution in [0, 0.1) is 5.92 Å². The number of rotatable bonds is 8. The largest absolute Gasteiger partial charge is 0.494 e. The smallest absolute Gasteiger partial charge is 0.257 e. The molecule has 2 fully saturated rings. The number of amides is 1. The van der Waals surface area contributed by atoms with Crippen LogP contribution in [0.5, 0.6) is 11.5 Å². The SMILES string of the molecule is CCOc1ccc(CN2CCCC(COc3ccccc3C(=O)N3CCCC3)C2)cc1. The summed E-state index contributed by atoms with van der Waals surface area (Å²) < 4.78 is 11.8. The molecular weight excluding hydrogens is 388 g/mol. The summed E-state index contributed by atoms with van der Waals surface area (Å²) in [5, 5.41) is 0. The zero-order valence-electron chi connectivity index (χ0n) is 18.6. The Morgan fingerprint density at radius 1 is 0.968 bits per heavy atom. The van der Waals surface area contributed by atoms with Crippen LogP contribution in [0.4, 0.5) is 0 Å². The van der Waals surface area contributed by atoms with Gasteiger partial charge in [0.2, 0.25) is 0 Å². The van der Waals surface area contributed by atoms with Crippen molar-refractivity contribution in [2.75, 3.05) is 39.4 Å². The summed E-state index contributed by atoms with van der Waals surface area (Å²) in [6.45, 7) is 8.16. The van der Waals surface area contributed by atoms with E-state index in [1.807, 2.05) is 36.1 Å². The van der Waals surface area contributed by atoms with Gasteiger partial charge in [-0.1, -0.05) is 24.3 Å². The lowest BCUT2D eigenvalue weighted by Gasteiger charge is -2.32. The maximum atomic E-state index is 12.9. The summed E-state index contributed by atoms with van der Waals surface area (Å²) in [6.07, 6.45) is 4.55. The molecule has 1 amide bonds. The molecular formula is C26H34N2O3. The zero-order chi connectivity index (χ0) is 21.5. The molecule has 1 atom stereocenters. The summed E-state index contributed by atoms with van der Waals surface area (Å²) in [5.74, 6) is 2.24. The molecule has 0 bridgehead atoms. The van der Waals surface area contributed by atoms with Crippen LogP contribution in [0.25, 0.3) is 0 Å². The standard InChI is InChI=1S/C26H34N2O3/c1-2-30-23-13-11-21(12-14-23)18-27-15-7-8-22(19-27)20-31-25-10-4-3-9-24(25)26(29)28-16-5-6-17-28/h3-4,9-14,22H,2,5-8,15-20H2,1H3. The van der Waals surface area contributed by atoms with E-state index in [-0.39, 0.29) is 5.91 Å². The normalized spacial score (nSPS) is 19.4. The van der Waals surface area contributed by atoms with E-state index in [1.54, 1.807) is 0 Å². The highest BCUT2D eigenvalue weighted by Gasteiger charge is 2.24. The summed E-state index contributed by atoms with van der Waals surface area (Å²) >= 11 is 0. The minimum Gasteiger partial charge on any atom is -0.494 e. The molecule has 0 spiro atoms. The number of hydrogen-bond acceptors (Lipinski definition) is 4. The Bertz CT molecular complexity index is 846. The first kappa shape index (κ1) is 21.7. The molecule has 2 aliphatic heterocycles. The van der Waals surface area contributed by atoms with Crippen molar-refractivity contribution in [2.45, 2.75) is 39.2 Å². The topological polar surface area (TPSA) is 42.0 Å². The highest BCUT2D eigenvalue weighted by atomic mass is 16.5. The first-order valence-corrected chi connectivity index (χ1v) is 11.7. The molecule has 0 saturated carbocycles. The van der Waals surface area contributed by atoms with Crippen molar-refractivity contribution >= 4 is 5.91 Å². The number of nitrogens with zero attached hydrogens (tertiary/aromatic N) is 2. The van der Waals surface area contributed by atoms with Gasteiger partial charge in [-0.3, -0.25) is 9.69 Å². The third-order valence-corrected chi connectivity index (χ3v) is 6.23. The van der Waals surface area contributed by atoms with Gasteiger partial charge in [-0.25, -0.2) is 0 Å². The molecule has 5 nitrogen and oxygen atoms in total. The van der Waals surface area contributed by atoms with Gasteiger partial charge in [0.25, 0.3) is 5.91 Å². The van der Waals surface area contributed by atoms with E-state index in [4.69, 9.17) is 9.47 Å². The molecule has 0 radical (unpaired) electrons. The number of hydrogen-bond donors (Lipinski definition) is 0. The van der Waals surface area contributed by atoms with Gasteiger partial charge in [-0.2, -0.15) is 0 Å². The van der Waals surface area contributed by atoms with Crippen molar-refractivity contribution in [3.8, 4) is 11.5 Å². The summed E-state index contributed by atoms with van der Waals surface area (Å²) in [5.41, 5.74) is 2.01. The molecule has 1 unspecified atom stereocenters. The zero-order valence-corrected chi connectivity index (χ0v) is 18.6. The maximum Gasteiger partial charge on any atom is 0.257 e. The fourth-order valence-electron chi connectivity index (χ4n) is 4.61. The lowest BCUT2D eigenvalue weighted by atomic mass is 9.98. The second kappa shape index (κ2) is 10.7. The Kier molecular flexibility index (Phi) is 7.47. The van der Waals surface area contributed by atoms with Crippen molar-refractivity contribution in [3.05, 3.63) is 59.7 Å². The summed E-state index contributed by atoms with van der Waals surface area (Å²) in [4.78, 5) is 17.3. The van der Waals surface area contributed by atoms with Crippen LogP contribution in [0.3, 0.4) is 0 Å². The highest BCUT2D eigenvalue weighted by Crippen LogP contribution is 2.25. The Morgan fingerprint density at radius 3 is 2.52 bits per heavy atom. The highest BCUT2D eigenvalue weighted by molar-refractivity contribution is 5.97. The van der Waals surface area contributed by atoms with Crippen molar-refractivity contribution in [1.82, 2.24) is 9.80 Å². The molecule has 2 aliphatic rings. The molecule has 0 aromatic heterocycles. The first-order chi connectivity index (χ1) is 15.2. The monoisotopic (exact) mass is 422 g/mol. The second-order valence-electron chi connectivity index (χ2n) is 8.63. The van der Waals surface area contributed by atoms with Crippen LogP contribution in [0.1, 0.15) is 48.5 Å². The first-order valence-electron chi connectivity index (χ1n) is 11.7. The summed E-state index contributed by atoms with van der Waals surface area (Å²) in [6, 6.07) is 16.1. The number of benzene rings is 2. The van der Waals surface area contributed by atoms with E-state index in [9.17, 15) is 4.79 Å². The quantitative estimate of drug-likeness (QED) is 0.623. The van der Waals surface area contributed by atoms with Gasteiger partial charge in [0, 0.05) is 32.1 Å². The van der Waals surface area contributed by atoms with Gasteiger partial charge >= 0.3 is 0 Å². The molecule has 2 heterocycles. The number of ether oxygens (including phenoxy) is 2. The Hall–Kier alpha value is -2.53. The number of carbonyl (C=O) groups excluding carboxylic acids is 1. The number of para-hydroxylation sites is 1. The number of carbonyl (C=O) groups is 1. The van der Waals surface area contributed by atoms with Crippen LogP contribution in [-0.2, 0) is 6.54 Å². The molecule has 2 saturated heterocycles. The number of likely N-dealkylation sites (tertiary alicyclic amines) is 2. The van der Waals surface area contributed by atoms with Crippen LogP contribution in [0.2, 0.25) is 0 Å². The predicted molar refractivity (Wildman–Crippen MR) is 123 cm³/mol. The van der Waals surface area contributed by atoms with Gasteiger partial charge < -0.3 is 14.4 Å². The molecule has 31 heavy (non-hydrogen) atoms. The average Bonchev–Trinajstić information content (AvgIpc) is 3.34. The molecule has 0 N–H and O–H groups in total. The van der Waals surface area contributed by atoms with Crippen molar-refractivity contribution < 1.29 is 14.3 Å². The van der Waals surface area contributed by atoms with Crippen molar-refractivity contribution in [1.29, 1.82) is 0 Å². The molecule has 166 valence electrons. The Morgan fingerprint density at radius 2 is 1.74 bits per heavy atom. The van der Waals surface area contributed by atoms with Gasteiger partial charge in [0.1, 0.15) is 11.5 Å². The Balaban J connectivity index is 1.31. The van der Waals surface area contributed by atoms with Crippen molar-refractivity contribution in [2.24, 2.45) is 5.92 Å². The molecule has 4 rings (SSSR count). The van der Waals surface area contributed by atoms with E-state index >= 15 is 0 Å². The molecule has 2 aromatic rings. The lowest BCUT2D eigenvalue weighted by molar-refractivity contribution is 0.0784. The van der Waals surface area contributed by atoms with Gasteiger partial charge in [0.05, 0.1) is 18.8 Å². The summed E-state index contributed by atoms with van der Waals surface area (Å²) in [7, 11) is 0. The number of piperidine rings is 1. The second-order valence-corrected chi connectivity index (χ2v) is 8.63. The Labute approximate surface area is 185 Å². The predicted octanol–water partition coefficient (Wildman–Crippen LogP) is 4.61. The van der Waals surface area contributed by atoms with Crippen LogP contribution < -0.4 is 9.47 Å². The molecule has 2 aromatic carbocycles. The van der Waals surface area contributed by atoms with E-state index < -0.39 is 0 Å². The van der Waals surface area contributed by atoms with Crippen LogP contribution >= 0.6 is 0 Å². The van der Waals surface area contributed by atoms with Gasteiger partial charge in [-0.15, -0.1) is 0 Å². The van der Waals surface area contributed by atoms with Gasteiger partial charge in [0.15, 0.2) is 0 Å². The fraction of sp³-hybridized carbons (Fsp3) is 0.500. The minimum atomic E-state index is 0.105. The minimum absolute atomic E-state index is 0.105. The fourth-order valence-corrected chi connectivity index (χ4v) is 4.61. The van der Waals surface area contributed by atoms with E-state index in [1.165, 1.54) is 18.4 Å².